The summed E-state index contributed by atoms with van der Waals surface area (Å²) in [6, 6.07) is 6.81. The van der Waals surface area contributed by atoms with E-state index in [-0.39, 0.29) is 11.6 Å². The molecule has 1 aromatic rings. The second-order valence-electron chi connectivity index (χ2n) is 4.33. The molecule has 0 aliphatic carbocycles. The van der Waals surface area contributed by atoms with Crippen molar-refractivity contribution in [1.29, 1.82) is 0 Å². The second kappa shape index (κ2) is 7.82. The van der Waals surface area contributed by atoms with E-state index in [0.29, 0.717) is 11.4 Å². The van der Waals surface area contributed by atoms with Gasteiger partial charge in [0, 0.05) is 25.3 Å². The van der Waals surface area contributed by atoms with Gasteiger partial charge < -0.3 is 19.7 Å². The molecule has 0 aliphatic rings. The zero-order chi connectivity index (χ0) is 16.7. The van der Waals surface area contributed by atoms with Gasteiger partial charge in [-0.1, -0.05) is 6.07 Å². The van der Waals surface area contributed by atoms with Crippen LogP contribution in [-0.2, 0) is 23.9 Å². The van der Waals surface area contributed by atoms with Crippen molar-refractivity contribution in [2.24, 2.45) is 0 Å². The van der Waals surface area contributed by atoms with E-state index < -0.39 is 11.9 Å². The number of amides is 1. The lowest BCUT2D eigenvalue weighted by molar-refractivity contribution is -0.138. The second-order valence-corrected chi connectivity index (χ2v) is 4.33. The Hall–Kier alpha value is -2.83. The van der Waals surface area contributed by atoms with Gasteiger partial charge in [-0.2, -0.15) is 0 Å². The monoisotopic (exact) mass is 306 g/mol. The zero-order valence-electron chi connectivity index (χ0n) is 12.9. The summed E-state index contributed by atoms with van der Waals surface area (Å²) in [7, 11) is 4.04. The van der Waals surface area contributed by atoms with Crippen LogP contribution < -0.4 is 10.2 Å². The van der Waals surface area contributed by atoms with Crippen molar-refractivity contribution in [3.8, 4) is 0 Å². The molecule has 0 fully saturated rings. The van der Waals surface area contributed by atoms with Gasteiger partial charge in [-0.15, -0.1) is 0 Å². The Labute approximate surface area is 128 Å². The van der Waals surface area contributed by atoms with Crippen LogP contribution >= 0.6 is 0 Å². The molecule has 0 atom stereocenters. The van der Waals surface area contributed by atoms with Crippen molar-refractivity contribution >= 4 is 29.2 Å². The third-order valence-corrected chi connectivity index (χ3v) is 2.85. The van der Waals surface area contributed by atoms with Crippen LogP contribution in [0.1, 0.15) is 6.92 Å². The van der Waals surface area contributed by atoms with E-state index in [4.69, 9.17) is 0 Å². The molecule has 0 heterocycles. The molecular formula is C15H18N2O5. The Kier molecular flexibility index (Phi) is 6.12. The van der Waals surface area contributed by atoms with Gasteiger partial charge in [0.05, 0.1) is 20.3 Å². The maximum Gasteiger partial charge on any atom is 0.354 e. The molecule has 1 aromatic carbocycles. The molecule has 7 nitrogen and oxygen atoms in total. The van der Waals surface area contributed by atoms with Crippen LogP contribution in [0.2, 0.25) is 0 Å². The number of nitrogens with zero attached hydrogens (tertiary/aromatic N) is 1. The fourth-order valence-corrected chi connectivity index (χ4v) is 1.56. The van der Waals surface area contributed by atoms with E-state index in [0.717, 1.165) is 6.08 Å². The molecule has 0 spiro atoms. The van der Waals surface area contributed by atoms with Gasteiger partial charge in [-0.05, 0) is 18.2 Å². The molecule has 22 heavy (non-hydrogen) atoms. The molecule has 0 saturated carbocycles. The average Bonchev–Trinajstić information content (AvgIpc) is 2.52. The summed E-state index contributed by atoms with van der Waals surface area (Å²) in [5.41, 5.74) is 1.09. The Morgan fingerprint density at radius 1 is 1.18 bits per heavy atom. The lowest BCUT2D eigenvalue weighted by Gasteiger charge is -2.16. The van der Waals surface area contributed by atoms with Gasteiger partial charge in [-0.25, -0.2) is 9.59 Å². The van der Waals surface area contributed by atoms with Crippen molar-refractivity contribution in [3.05, 3.63) is 36.0 Å². The number of anilines is 2. The van der Waals surface area contributed by atoms with Crippen LogP contribution in [0.4, 0.5) is 11.4 Å². The van der Waals surface area contributed by atoms with E-state index in [1.807, 2.05) is 0 Å². The standard InChI is InChI=1S/C15H18N2O5/c1-10(18)17(2)12-7-5-6-11(8-12)16-13(15(20)22-4)9-14(19)21-3/h5-9,16H,1-4H3/b13-9+. The van der Waals surface area contributed by atoms with Gasteiger partial charge in [0.25, 0.3) is 0 Å². The minimum atomic E-state index is -0.712. The van der Waals surface area contributed by atoms with Crippen LogP contribution in [0.5, 0.6) is 0 Å². The van der Waals surface area contributed by atoms with Gasteiger partial charge >= 0.3 is 11.9 Å². The van der Waals surface area contributed by atoms with Crippen molar-refractivity contribution in [3.63, 3.8) is 0 Å². The smallest absolute Gasteiger partial charge is 0.354 e. The highest BCUT2D eigenvalue weighted by atomic mass is 16.5. The molecule has 118 valence electrons. The van der Waals surface area contributed by atoms with Crippen LogP contribution in [0, 0.1) is 0 Å². The molecule has 1 amide bonds. The van der Waals surface area contributed by atoms with Gasteiger partial charge in [0.2, 0.25) is 5.91 Å². The normalized spacial score (nSPS) is 10.6. The number of carbonyl (C=O) groups is 3. The summed E-state index contributed by atoms with van der Waals surface area (Å²) in [4.78, 5) is 35.8. The van der Waals surface area contributed by atoms with Crippen LogP contribution in [0.15, 0.2) is 36.0 Å². The molecule has 0 radical (unpaired) electrons. The first-order valence-corrected chi connectivity index (χ1v) is 6.38. The highest BCUT2D eigenvalue weighted by Gasteiger charge is 2.13. The lowest BCUT2D eigenvalue weighted by atomic mass is 10.2. The molecule has 0 aliphatic heterocycles. The number of rotatable bonds is 5. The molecular weight excluding hydrogens is 288 g/mol. The first-order valence-electron chi connectivity index (χ1n) is 6.38. The van der Waals surface area contributed by atoms with Gasteiger partial charge in [0.15, 0.2) is 0 Å². The highest BCUT2D eigenvalue weighted by molar-refractivity contribution is 5.99. The number of carbonyl (C=O) groups excluding carboxylic acids is 3. The van der Waals surface area contributed by atoms with Crippen LogP contribution in [0.3, 0.4) is 0 Å². The molecule has 0 unspecified atom stereocenters. The Morgan fingerprint density at radius 3 is 2.41 bits per heavy atom. The molecule has 1 rings (SSSR count). The summed E-state index contributed by atoms with van der Waals surface area (Å²) in [6.07, 6.45) is 0.993. The fraction of sp³-hybridized carbons (Fsp3) is 0.267. The predicted molar refractivity (Wildman–Crippen MR) is 81.3 cm³/mol. The third kappa shape index (κ3) is 4.62. The largest absolute Gasteiger partial charge is 0.466 e. The number of nitrogens with one attached hydrogen (secondary N) is 1. The fourth-order valence-electron chi connectivity index (χ4n) is 1.56. The summed E-state index contributed by atoms with van der Waals surface area (Å²) in [6.45, 7) is 1.44. The van der Waals surface area contributed by atoms with Crippen LogP contribution in [0.25, 0.3) is 0 Å². The van der Waals surface area contributed by atoms with Gasteiger partial charge in [-0.3, -0.25) is 4.79 Å². The third-order valence-electron chi connectivity index (χ3n) is 2.85. The maximum atomic E-state index is 11.7. The summed E-state index contributed by atoms with van der Waals surface area (Å²) < 4.78 is 9.09. The minimum Gasteiger partial charge on any atom is -0.466 e. The predicted octanol–water partition coefficient (Wildman–Crippen LogP) is 1.31. The number of hydrogen-bond acceptors (Lipinski definition) is 6. The van der Waals surface area contributed by atoms with Crippen LogP contribution in [-0.4, -0.2) is 39.1 Å². The Morgan fingerprint density at radius 2 is 1.86 bits per heavy atom. The van der Waals surface area contributed by atoms with E-state index in [1.165, 1.54) is 26.0 Å². The van der Waals surface area contributed by atoms with E-state index in [2.05, 4.69) is 14.8 Å². The summed E-state index contributed by atoms with van der Waals surface area (Å²) in [5.74, 6) is -1.53. The first kappa shape index (κ1) is 17.2. The van der Waals surface area contributed by atoms with Crippen molar-refractivity contribution in [2.45, 2.75) is 6.92 Å². The first-order chi connectivity index (χ1) is 10.4. The minimum absolute atomic E-state index is 0.0722. The molecule has 0 aromatic heterocycles. The number of methoxy groups -OCH3 is 2. The topological polar surface area (TPSA) is 84.9 Å². The highest BCUT2D eigenvalue weighted by Crippen LogP contribution is 2.20. The van der Waals surface area contributed by atoms with E-state index >= 15 is 0 Å². The van der Waals surface area contributed by atoms with Crippen molar-refractivity contribution in [2.75, 3.05) is 31.5 Å². The number of esters is 2. The molecule has 1 N–H and O–H groups in total. The lowest BCUT2D eigenvalue weighted by Crippen LogP contribution is -2.23. The number of hydrogen-bond donors (Lipinski definition) is 1. The zero-order valence-corrected chi connectivity index (χ0v) is 12.9. The molecule has 0 bridgehead atoms. The quantitative estimate of drug-likeness (QED) is 0.652. The Bertz CT molecular complexity index is 610. The summed E-state index contributed by atoms with van der Waals surface area (Å²) in [5, 5.41) is 2.78. The SMILES string of the molecule is COC(=O)/C=C(/Nc1cccc(N(C)C(C)=O)c1)C(=O)OC. The Balaban J connectivity index is 3.06. The molecule has 7 heteroatoms. The number of ether oxygens (including phenoxy) is 2. The number of benzene rings is 1. The van der Waals surface area contributed by atoms with Crippen molar-refractivity contribution in [1.82, 2.24) is 0 Å². The van der Waals surface area contributed by atoms with E-state index in [9.17, 15) is 14.4 Å². The summed E-state index contributed by atoms with van der Waals surface area (Å²) >= 11 is 0. The maximum absolute atomic E-state index is 11.7. The van der Waals surface area contributed by atoms with Crippen molar-refractivity contribution < 1.29 is 23.9 Å². The van der Waals surface area contributed by atoms with E-state index in [1.54, 1.807) is 31.3 Å². The van der Waals surface area contributed by atoms with Gasteiger partial charge in [0.1, 0.15) is 5.70 Å². The average molecular weight is 306 g/mol. The molecule has 0 saturated heterocycles.